The minimum absolute atomic E-state index is 0.214. The summed E-state index contributed by atoms with van der Waals surface area (Å²) in [6, 6.07) is 10.0. The van der Waals surface area contributed by atoms with Gasteiger partial charge < -0.3 is 19.4 Å². The molecule has 0 bridgehead atoms. The molecule has 0 amide bonds. The molecule has 0 saturated carbocycles. The number of ether oxygens (including phenoxy) is 3. The van der Waals surface area contributed by atoms with Gasteiger partial charge in [-0.2, -0.15) is 0 Å². The highest BCUT2D eigenvalue weighted by Gasteiger charge is 2.25. The van der Waals surface area contributed by atoms with E-state index in [1.54, 1.807) is 14.2 Å². The summed E-state index contributed by atoms with van der Waals surface area (Å²) >= 11 is 0. The number of hydrogen-bond acceptors (Lipinski definition) is 5. The standard InChI is InChI=1S/C18H29NO4/c1-4-5-9-16(13-19-20)12-17(18(21-2)22-3)23-14-15-10-7-6-8-11-15/h4-8,10-11,16-20H,9,12-14H2,1-3H3/b5-4+/t16-,17+/m1/s1. The molecule has 1 aromatic rings. The van der Waals surface area contributed by atoms with Crippen molar-refractivity contribution >= 4 is 0 Å². The molecule has 0 aliphatic rings. The van der Waals surface area contributed by atoms with Crippen molar-refractivity contribution in [1.82, 2.24) is 5.48 Å². The van der Waals surface area contributed by atoms with E-state index >= 15 is 0 Å². The number of hydrogen-bond donors (Lipinski definition) is 2. The molecule has 5 heteroatoms. The molecule has 1 rings (SSSR count). The molecular weight excluding hydrogens is 294 g/mol. The predicted molar refractivity (Wildman–Crippen MR) is 90.2 cm³/mol. The molecule has 23 heavy (non-hydrogen) atoms. The summed E-state index contributed by atoms with van der Waals surface area (Å²) in [5.41, 5.74) is 3.37. The van der Waals surface area contributed by atoms with E-state index in [-0.39, 0.29) is 12.0 Å². The number of hydroxylamine groups is 1. The van der Waals surface area contributed by atoms with Crippen LogP contribution in [-0.2, 0) is 20.8 Å². The molecule has 0 aliphatic heterocycles. The van der Waals surface area contributed by atoms with E-state index in [2.05, 4.69) is 11.6 Å². The van der Waals surface area contributed by atoms with Gasteiger partial charge in [0, 0.05) is 20.8 Å². The normalized spacial score (nSPS) is 14.5. The van der Waals surface area contributed by atoms with Crippen LogP contribution in [0.4, 0.5) is 0 Å². The van der Waals surface area contributed by atoms with Crippen LogP contribution in [0.2, 0.25) is 0 Å². The van der Waals surface area contributed by atoms with Gasteiger partial charge in [-0.1, -0.05) is 42.5 Å². The van der Waals surface area contributed by atoms with Crippen LogP contribution in [0.1, 0.15) is 25.3 Å². The van der Waals surface area contributed by atoms with Crippen LogP contribution in [0.3, 0.4) is 0 Å². The average Bonchev–Trinajstić information content (AvgIpc) is 2.59. The Morgan fingerprint density at radius 1 is 1.17 bits per heavy atom. The Labute approximate surface area is 139 Å². The van der Waals surface area contributed by atoms with Gasteiger partial charge in [0.1, 0.15) is 6.10 Å². The smallest absolute Gasteiger partial charge is 0.183 e. The van der Waals surface area contributed by atoms with Crippen LogP contribution in [0.5, 0.6) is 0 Å². The largest absolute Gasteiger partial charge is 0.368 e. The molecule has 5 nitrogen and oxygen atoms in total. The fourth-order valence-corrected chi connectivity index (χ4v) is 2.48. The Morgan fingerprint density at radius 3 is 2.43 bits per heavy atom. The quantitative estimate of drug-likeness (QED) is 0.351. The summed E-state index contributed by atoms with van der Waals surface area (Å²) in [6.07, 6.45) is 5.02. The molecule has 1 aromatic carbocycles. The topological polar surface area (TPSA) is 60.0 Å². The fraction of sp³-hybridized carbons (Fsp3) is 0.556. The van der Waals surface area contributed by atoms with Crippen LogP contribution >= 0.6 is 0 Å². The minimum atomic E-state index is -0.439. The molecule has 2 atom stereocenters. The van der Waals surface area contributed by atoms with E-state index in [0.29, 0.717) is 13.2 Å². The summed E-state index contributed by atoms with van der Waals surface area (Å²) in [5.74, 6) is 0.227. The molecule has 0 aromatic heterocycles. The lowest BCUT2D eigenvalue weighted by molar-refractivity contribution is -0.189. The van der Waals surface area contributed by atoms with Crippen molar-refractivity contribution in [3.63, 3.8) is 0 Å². The van der Waals surface area contributed by atoms with Gasteiger partial charge in [-0.05, 0) is 31.2 Å². The van der Waals surface area contributed by atoms with E-state index in [1.807, 2.05) is 43.3 Å². The Balaban J connectivity index is 2.69. The van der Waals surface area contributed by atoms with Crippen molar-refractivity contribution in [2.45, 2.75) is 38.8 Å². The fourth-order valence-electron chi connectivity index (χ4n) is 2.48. The van der Waals surface area contributed by atoms with Gasteiger partial charge in [-0.15, -0.1) is 0 Å². The van der Waals surface area contributed by atoms with Crippen molar-refractivity contribution in [2.75, 3.05) is 20.8 Å². The first-order chi connectivity index (χ1) is 11.2. The van der Waals surface area contributed by atoms with Crippen molar-refractivity contribution in [3.05, 3.63) is 48.0 Å². The molecule has 0 radical (unpaired) electrons. The first-order valence-electron chi connectivity index (χ1n) is 7.94. The highest BCUT2D eigenvalue weighted by Crippen LogP contribution is 2.20. The van der Waals surface area contributed by atoms with E-state index < -0.39 is 6.29 Å². The van der Waals surface area contributed by atoms with Gasteiger partial charge in [-0.3, -0.25) is 0 Å². The third-order valence-electron chi connectivity index (χ3n) is 3.73. The molecular formula is C18H29NO4. The van der Waals surface area contributed by atoms with Crippen LogP contribution in [0, 0.1) is 5.92 Å². The lowest BCUT2D eigenvalue weighted by Crippen LogP contribution is -2.36. The number of allylic oxidation sites excluding steroid dienone is 2. The zero-order chi connectivity index (χ0) is 16.9. The van der Waals surface area contributed by atoms with Crippen LogP contribution < -0.4 is 5.48 Å². The van der Waals surface area contributed by atoms with Crippen LogP contribution in [0.25, 0.3) is 0 Å². The highest BCUT2D eigenvalue weighted by molar-refractivity contribution is 5.13. The summed E-state index contributed by atoms with van der Waals surface area (Å²) in [6.45, 7) is 2.98. The first-order valence-corrected chi connectivity index (χ1v) is 7.94. The van der Waals surface area contributed by atoms with Crippen LogP contribution in [0.15, 0.2) is 42.5 Å². The zero-order valence-electron chi connectivity index (χ0n) is 14.3. The van der Waals surface area contributed by atoms with Crippen molar-refractivity contribution < 1.29 is 19.4 Å². The molecule has 0 saturated heterocycles. The monoisotopic (exact) mass is 323 g/mol. The van der Waals surface area contributed by atoms with E-state index in [0.717, 1.165) is 18.4 Å². The lowest BCUT2D eigenvalue weighted by Gasteiger charge is -2.28. The third-order valence-corrected chi connectivity index (χ3v) is 3.73. The Morgan fingerprint density at radius 2 is 1.87 bits per heavy atom. The summed E-state index contributed by atoms with van der Waals surface area (Å²) in [4.78, 5) is 0. The highest BCUT2D eigenvalue weighted by atomic mass is 16.7. The molecule has 0 fully saturated rings. The number of methoxy groups -OCH3 is 2. The van der Waals surface area contributed by atoms with Crippen molar-refractivity contribution in [1.29, 1.82) is 0 Å². The number of benzene rings is 1. The van der Waals surface area contributed by atoms with Gasteiger partial charge in [-0.25, -0.2) is 5.48 Å². The molecule has 0 heterocycles. The molecule has 130 valence electrons. The molecule has 0 aliphatic carbocycles. The Bertz CT molecular complexity index is 420. The first kappa shape index (κ1) is 19.8. The third kappa shape index (κ3) is 7.72. The number of rotatable bonds is 12. The van der Waals surface area contributed by atoms with Crippen molar-refractivity contribution in [2.24, 2.45) is 5.92 Å². The summed E-state index contributed by atoms with van der Waals surface area (Å²) < 4.78 is 16.8. The second-order valence-electron chi connectivity index (χ2n) is 5.44. The Kier molecular flexibility index (Phi) is 10.5. The van der Waals surface area contributed by atoms with Crippen LogP contribution in [-0.4, -0.2) is 38.4 Å². The van der Waals surface area contributed by atoms with Crippen molar-refractivity contribution in [3.8, 4) is 0 Å². The van der Waals surface area contributed by atoms with Gasteiger partial charge in [0.05, 0.1) is 6.61 Å². The maximum Gasteiger partial charge on any atom is 0.183 e. The average molecular weight is 323 g/mol. The second-order valence-corrected chi connectivity index (χ2v) is 5.44. The maximum absolute atomic E-state index is 9.03. The van der Waals surface area contributed by atoms with E-state index in [9.17, 15) is 0 Å². The molecule has 0 unspecified atom stereocenters. The zero-order valence-corrected chi connectivity index (χ0v) is 14.3. The summed E-state index contributed by atoms with van der Waals surface area (Å²) in [7, 11) is 3.22. The second kappa shape index (κ2) is 12.2. The van der Waals surface area contributed by atoms with Gasteiger partial charge in [0.2, 0.25) is 0 Å². The van der Waals surface area contributed by atoms with E-state index in [1.165, 1.54) is 0 Å². The van der Waals surface area contributed by atoms with E-state index in [4.69, 9.17) is 19.4 Å². The summed E-state index contributed by atoms with van der Waals surface area (Å²) in [5, 5.41) is 9.03. The Hall–Kier alpha value is -1.24. The number of nitrogens with one attached hydrogen (secondary N) is 1. The SMILES string of the molecule is C/C=C/C[C@@H](CNO)C[C@H](OCc1ccccc1)C(OC)OC. The minimum Gasteiger partial charge on any atom is -0.368 e. The maximum atomic E-state index is 9.03. The van der Waals surface area contributed by atoms with Gasteiger partial charge >= 0.3 is 0 Å². The van der Waals surface area contributed by atoms with Gasteiger partial charge in [0.25, 0.3) is 0 Å². The van der Waals surface area contributed by atoms with Gasteiger partial charge in [0.15, 0.2) is 6.29 Å². The molecule has 0 spiro atoms. The lowest BCUT2D eigenvalue weighted by atomic mass is 9.97. The predicted octanol–water partition coefficient (Wildman–Crippen LogP) is 3.14. The molecule has 2 N–H and O–H groups in total.